The lowest BCUT2D eigenvalue weighted by atomic mass is 10.2. The first-order valence-electron chi connectivity index (χ1n) is 5.09. The van der Waals surface area contributed by atoms with Gasteiger partial charge in [0.15, 0.2) is 5.78 Å². The van der Waals surface area contributed by atoms with Gasteiger partial charge in [0.25, 0.3) is 0 Å². The minimum absolute atomic E-state index is 0.0351. The molecule has 0 bridgehead atoms. The van der Waals surface area contributed by atoms with Crippen LogP contribution in [0, 0.1) is 0 Å². The van der Waals surface area contributed by atoms with Crippen LogP contribution in [0.5, 0.6) is 0 Å². The van der Waals surface area contributed by atoms with E-state index >= 15 is 0 Å². The van der Waals surface area contributed by atoms with E-state index in [4.69, 9.17) is 5.73 Å². The Kier molecular flexibility index (Phi) is 4.47. The van der Waals surface area contributed by atoms with Crippen molar-refractivity contribution in [3.8, 4) is 0 Å². The summed E-state index contributed by atoms with van der Waals surface area (Å²) in [5, 5.41) is 4.41. The number of carbonyl (C=O) groups excluding carboxylic acids is 1. The lowest BCUT2D eigenvalue weighted by Crippen LogP contribution is -2.18. The van der Waals surface area contributed by atoms with Gasteiger partial charge in [-0.05, 0) is 29.3 Å². The van der Waals surface area contributed by atoms with E-state index in [2.05, 4.69) is 21.0 Å². The third kappa shape index (κ3) is 2.66. The zero-order valence-corrected chi connectivity index (χ0v) is 10.7. The van der Waals surface area contributed by atoms with E-state index in [0.717, 1.165) is 28.8 Å². The van der Waals surface area contributed by atoms with Gasteiger partial charge in [-0.1, -0.05) is 6.92 Å². The van der Waals surface area contributed by atoms with Gasteiger partial charge in [0.2, 0.25) is 0 Å². The number of ketones is 1. The molecule has 0 unspecified atom stereocenters. The highest BCUT2D eigenvalue weighted by atomic mass is 79.9. The quantitative estimate of drug-likeness (QED) is 0.880. The first kappa shape index (κ1) is 12.4. The minimum atomic E-state index is 0.0351. The first-order valence-corrected chi connectivity index (χ1v) is 5.89. The van der Waals surface area contributed by atoms with Crippen LogP contribution in [0.3, 0.4) is 0 Å². The van der Waals surface area contributed by atoms with Crippen molar-refractivity contribution in [2.45, 2.75) is 33.2 Å². The van der Waals surface area contributed by atoms with E-state index in [0.29, 0.717) is 6.42 Å². The summed E-state index contributed by atoms with van der Waals surface area (Å²) in [5.41, 5.74) is 7.24. The van der Waals surface area contributed by atoms with E-state index in [1.807, 2.05) is 18.5 Å². The number of aromatic nitrogens is 2. The number of hydrogen-bond donors (Lipinski definition) is 1. The fraction of sp³-hybridized carbons (Fsp3) is 0.600. The third-order valence-corrected chi connectivity index (χ3v) is 3.20. The maximum absolute atomic E-state index is 11.3. The van der Waals surface area contributed by atoms with Crippen LogP contribution < -0.4 is 5.73 Å². The Morgan fingerprint density at radius 2 is 2.20 bits per heavy atom. The lowest BCUT2D eigenvalue weighted by molar-refractivity contribution is -0.117. The van der Waals surface area contributed by atoms with Crippen molar-refractivity contribution in [1.82, 2.24) is 9.78 Å². The summed E-state index contributed by atoms with van der Waals surface area (Å²) in [6.07, 6.45) is 1.22. The minimum Gasteiger partial charge on any atom is -0.324 e. The molecule has 0 aliphatic carbocycles. The van der Waals surface area contributed by atoms with Crippen molar-refractivity contribution in [3.05, 3.63) is 15.9 Å². The van der Waals surface area contributed by atoms with Crippen molar-refractivity contribution in [3.63, 3.8) is 0 Å². The second-order valence-corrected chi connectivity index (χ2v) is 4.09. The predicted molar refractivity (Wildman–Crippen MR) is 62.7 cm³/mol. The normalized spacial score (nSPS) is 10.7. The maximum Gasteiger partial charge on any atom is 0.152 e. The molecule has 15 heavy (non-hydrogen) atoms. The first-order chi connectivity index (χ1) is 7.13. The molecule has 0 aliphatic rings. The Balaban J connectivity index is 3.03. The largest absolute Gasteiger partial charge is 0.324 e. The van der Waals surface area contributed by atoms with Crippen LogP contribution in [0.1, 0.15) is 25.2 Å². The molecule has 1 aromatic heterocycles. The summed E-state index contributed by atoms with van der Waals surface area (Å²) in [4.78, 5) is 11.3. The summed E-state index contributed by atoms with van der Waals surface area (Å²) in [6, 6.07) is 0. The Morgan fingerprint density at radius 3 is 2.67 bits per heavy atom. The molecular weight excluding hydrogens is 258 g/mol. The molecule has 0 spiro atoms. The van der Waals surface area contributed by atoms with Gasteiger partial charge < -0.3 is 5.73 Å². The molecule has 0 aliphatic heterocycles. The molecule has 4 nitrogen and oxygen atoms in total. The smallest absolute Gasteiger partial charge is 0.152 e. The van der Waals surface area contributed by atoms with Crippen molar-refractivity contribution in [2.75, 3.05) is 6.54 Å². The van der Waals surface area contributed by atoms with E-state index in [1.54, 1.807) is 0 Å². The number of rotatable bonds is 5. The van der Waals surface area contributed by atoms with Gasteiger partial charge in [0.05, 0.1) is 28.8 Å². The average molecular weight is 274 g/mol. The fourth-order valence-electron chi connectivity index (χ4n) is 1.45. The molecule has 0 fully saturated rings. The molecule has 1 heterocycles. The van der Waals surface area contributed by atoms with Crippen molar-refractivity contribution in [2.24, 2.45) is 5.73 Å². The zero-order valence-electron chi connectivity index (χ0n) is 9.09. The van der Waals surface area contributed by atoms with Crippen LogP contribution in [-0.4, -0.2) is 22.1 Å². The van der Waals surface area contributed by atoms with Gasteiger partial charge >= 0.3 is 0 Å². The molecule has 0 saturated heterocycles. The molecule has 84 valence electrons. The number of hydrogen-bond acceptors (Lipinski definition) is 3. The number of aryl methyl sites for hydroxylation is 2. The van der Waals surface area contributed by atoms with Crippen molar-refractivity contribution in [1.29, 1.82) is 0 Å². The third-order valence-electron chi connectivity index (χ3n) is 2.29. The highest BCUT2D eigenvalue weighted by Crippen LogP contribution is 2.22. The summed E-state index contributed by atoms with van der Waals surface area (Å²) < 4.78 is 2.81. The SMILES string of the molecule is CCc1nn(CC)c(CC(=O)CN)c1Br. The van der Waals surface area contributed by atoms with Gasteiger partial charge in [0.1, 0.15) is 0 Å². The van der Waals surface area contributed by atoms with Crippen LogP contribution in [-0.2, 0) is 24.2 Å². The molecule has 1 aromatic rings. The number of nitrogens with zero attached hydrogens (tertiary/aromatic N) is 2. The monoisotopic (exact) mass is 273 g/mol. The zero-order chi connectivity index (χ0) is 11.4. The maximum atomic E-state index is 11.3. The lowest BCUT2D eigenvalue weighted by Gasteiger charge is -2.03. The Labute approximate surface area is 98.0 Å². The predicted octanol–water partition coefficient (Wildman–Crippen LogP) is 1.30. The average Bonchev–Trinajstić information content (AvgIpc) is 2.55. The standard InChI is InChI=1S/C10H16BrN3O/c1-3-8-10(11)9(5-7(15)6-12)14(4-2)13-8/h3-6,12H2,1-2H3. The number of nitrogens with two attached hydrogens (primary N) is 1. The Bertz CT molecular complexity index is 360. The van der Waals surface area contributed by atoms with Gasteiger partial charge in [0, 0.05) is 6.54 Å². The number of halogens is 1. The van der Waals surface area contributed by atoms with Crippen LogP contribution in [0.25, 0.3) is 0 Å². The second kappa shape index (κ2) is 5.42. The van der Waals surface area contributed by atoms with Crippen LogP contribution in [0.2, 0.25) is 0 Å². The number of carbonyl (C=O) groups is 1. The molecule has 0 radical (unpaired) electrons. The van der Waals surface area contributed by atoms with Gasteiger partial charge in [-0.15, -0.1) is 0 Å². The van der Waals surface area contributed by atoms with Crippen molar-refractivity contribution >= 4 is 21.7 Å². The molecule has 0 atom stereocenters. The highest BCUT2D eigenvalue weighted by molar-refractivity contribution is 9.10. The van der Waals surface area contributed by atoms with Crippen LogP contribution in [0.15, 0.2) is 4.47 Å². The molecule has 0 saturated carbocycles. The summed E-state index contributed by atoms with van der Waals surface area (Å²) in [5.74, 6) is 0.0351. The summed E-state index contributed by atoms with van der Waals surface area (Å²) >= 11 is 3.48. The fourth-order valence-corrected chi connectivity index (χ4v) is 2.15. The van der Waals surface area contributed by atoms with Gasteiger partial charge in [-0.25, -0.2) is 0 Å². The van der Waals surface area contributed by atoms with E-state index in [1.165, 1.54) is 0 Å². The topological polar surface area (TPSA) is 60.9 Å². The van der Waals surface area contributed by atoms with Crippen LogP contribution >= 0.6 is 15.9 Å². The van der Waals surface area contributed by atoms with Crippen molar-refractivity contribution < 1.29 is 4.79 Å². The molecule has 0 aromatic carbocycles. The van der Waals surface area contributed by atoms with E-state index < -0.39 is 0 Å². The number of Topliss-reactive ketones (excluding diaryl/α,β-unsaturated/α-hetero) is 1. The summed E-state index contributed by atoms with van der Waals surface area (Å²) in [7, 11) is 0. The highest BCUT2D eigenvalue weighted by Gasteiger charge is 2.15. The van der Waals surface area contributed by atoms with E-state index in [-0.39, 0.29) is 12.3 Å². The molecule has 2 N–H and O–H groups in total. The Morgan fingerprint density at radius 1 is 1.53 bits per heavy atom. The molecular formula is C10H16BrN3O. The van der Waals surface area contributed by atoms with Gasteiger partial charge in [-0.3, -0.25) is 9.48 Å². The van der Waals surface area contributed by atoms with E-state index in [9.17, 15) is 4.79 Å². The molecule has 1 rings (SSSR count). The Hall–Kier alpha value is -0.680. The molecule has 5 heteroatoms. The second-order valence-electron chi connectivity index (χ2n) is 3.30. The van der Waals surface area contributed by atoms with Gasteiger partial charge in [-0.2, -0.15) is 5.10 Å². The molecule has 0 amide bonds. The van der Waals surface area contributed by atoms with Crippen LogP contribution in [0.4, 0.5) is 0 Å². The summed E-state index contributed by atoms with van der Waals surface area (Å²) in [6.45, 7) is 4.91.